The minimum atomic E-state index is 0.0799. The molecule has 0 aliphatic heterocycles. The van der Waals surface area contributed by atoms with E-state index in [1.807, 2.05) is 30.3 Å². The summed E-state index contributed by atoms with van der Waals surface area (Å²) in [4.78, 5) is 12.1. The van der Waals surface area contributed by atoms with Crippen LogP contribution in [-0.4, -0.2) is 13.0 Å². The lowest BCUT2D eigenvalue weighted by atomic mass is 10.1. The van der Waals surface area contributed by atoms with Gasteiger partial charge in [0.1, 0.15) is 5.75 Å². The molecule has 0 fully saturated rings. The maximum Gasteiger partial charge on any atom is 0.220 e. The van der Waals surface area contributed by atoms with Gasteiger partial charge in [0.05, 0.1) is 7.11 Å². The highest BCUT2D eigenvalue weighted by Gasteiger charge is 2.04. The van der Waals surface area contributed by atoms with E-state index in [1.54, 1.807) is 7.11 Å². The predicted molar refractivity (Wildman–Crippen MR) is 102 cm³/mol. The van der Waals surface area contributed by atoms with Gasteiger partial charge < -0.3 is 10.1 Å². The molecular weight excluding hydrogens is 310 g/mol. The van der Waals surface area contributed by atoms with E-state index in [0.29, 0.717) is 13.0 Å². The summed E-state index contributed by atoms with van der Waals surface area (Å²) in [5.41, 5.74) is 3.53. The Kier molecular flexibility index (Phi) is 5.34. The number of ether oxygens (including phenoxy) is 1. The molecule has 3 aromatic carbocycles. The van der Waals surface area contributed by atoms with Crippen molar-refractivity contribution < 1.29 is 9.53 Å². The van der Waals surface area contributed by atoms with Crippen LogP contribution in [0.3, 0.4) is 0 Å². The van der Waals surface area contributed by atoms with Crippen LogP contribution in [0.4, 0.5) is 0 Å². The third-order valence-corrected chi connectivity index (χ3v) is 4.32. The summed E-state index contributed by atoms with van der Waals surface area (Å²) in [7, 11) is 1.67. The molecule has 0 unspecified atom stereocenters. The Bertz CT molecular complexity index is 886. The molecule has 0 radical (unpaired) electrons. The van der Waals surface area contributed by atoms with Gasteiger partial charge in [-0.25, -0.2) is 0 Å². The van der Waals surface area contributed by atoms with Gasteiger partial charge in [-0.15, -0.1) is 0 Å². The van der Waals surface area contributed by atoms with Crippen LogP contribution >= 0.6 is 0 Å². The molecule has 0 saturated heterocycles. The number of hydrogen-bond acceptors (Lipinski definition) is 2. The quantitative estimate of drug-likeness (QED) is 0.726. The summed E-state index contributed by atoms with van der Waals surface area (Å²) >= 11 is 0. The lowest BCUT2D eigenvalue weighted by molar-refractivity contribution is -0.121. The summed E-state index contributed by atoms with van der Waals surface area (Å²) in [6.45, 7) is 2.62. The number of hydrogen-bond donors (Lipinski definition) is 1. The van der Waals surface area contributed by atoms with Gasteiger partial charge in [-0.05, 0) is 53.4 Å². The van der Waals surface area contributed by atoms with Crippen molar-refractivity contribution in [3.63, 3.8) is 0 Å². The van der Waals surface area contributed by atoms with E-state index >= 15 is 0 Å². The topological polar surface area (TPSA) is 38.3 Å². The Morgan fingerprint density at radius 1 is 0.960 bits per heavy atom. The molecule has 0 aliphatic rings. The molecular formula is C22H23NO2. The number of benzene rings is 3. The number of carbonyl (C=O) groups is 1. The minimum absolute atomic E-state index is 0.0799. The smallest absolute Gasteiger partial charge is 0.220 e. The van der Waals surface area contributed by atoms with Gasteiger partial charge in [0.2, 0.25) is 5.91 Å². The molecule has 3 nitrogen and oxygen atoms in total. The van der Waals surface area contributed by atoms with Crippen LogP contribution in [0.25, 0.3) is 10.8 Å². The SMILES string of the molecule is COc1ccc2cc(CNC(=O)CCc3cccc(C)c3)ccc2c1. The van der Waals surface area contributed by atoms with Gasteiger partial charge in [-0.3, -0.25) is 4.79 Å². The zero-order valence-corrected chi connectivity index (χ0v) is 14.7. The van der Waals surface area contributed by atoms with Crippen LogP contribution in [0.2, 0.25) is 0 Å². The molecule has 0 bridgehead atoms. The predicted octanol–water partition coefficient (Wildman–Crippen LogP) is 4.41. The first-order valence-electron chi connectivity index (χ1n) is 8.53. The second-order valence-electron chi connectivity index (χ2n) is 6.31. The highest BCUT2D eigenvalue weighted by atomic mass is 16.5. The Morgan fingerprint density at radius 3 is 2.56 bits per heavy atom. The number of rotatable bonds is 6. The molecule has 1 amide bonds. The van der Waals surface area contributed by atoms with Crippen molar-refractivity contribution in [2.75, 3.05) is 7.11 Å². The second kappa shape index (κ2) is 7.84. The van der Waals surface area contributed by atoms with Crippen molar-refractivity contribution in [3.05, 3.63) is 77.4 Å². The fourth-order valence-electron chi connectivity index (χ4n) is 2.92. The normalized spacial score (nSPS) is 10.6. The first kappa shape index (κ1) is 17.0. The van der Waals surface area contributed by atoms with E-state index in [0.717, 1.165) is 28.5 Å². The molecule has 3 heteroatoms. The van der Waals surface area contributed by atoms with E-state index in [1.165, 1.54) is 11.1 Å². The van der Waals surface area contributed by atoms with Gasteiger partial charge in [0.25, 0.3) is 0 Å². The Hall–Kier alpha value is -2.81. The summed E-state index contributed by atoms with van der Waals surface area (Å²) < 4.78 is 5.25. The molecule has 0 atom stereocenters. The first-order valence-corrected chi connectivity index (χ1v) is 8.53. The number of nitrogens with one attached hydrogen (secondary N) is 1. The van der Waals surface area contributed by atoms with Crippen LogP contribution in [0.1, 0.15) is 23.1 Å². The first-order chi connectivity index (χ1) is 12.1. The van der Waals surface area contributed by atoms with E-state index in [9.17, 15) is 4.79 Å². The molecule has 0 aliphatic carbocycles. The Balaban J connectivity index is 1.55. The zero-order chi connectivity index (χ0) is 17.6. The van der Waals surface area contributed by atoms with E-state index in [2.05, 4.69) is 42.6 Å². The van der Waals surface area contributed by atoms with E-state index in [-0.39, 0.29) is 5.91 Å². The van der Waals surface area contributed by atoms with Crippen molar-refractivity contribution in [2.45, 2.75) is 26.3 Å². The fourth-order valence-corrected chi connectivity index (χ4v) is 2.92. The molecule has 25 heavy (non-hydrogen) atoms. The third-order valence-electron chi connectivity index (χ3n) is 4.32. The van der Waals surface area contributed by atoms with Gasteiger partial charge >= 0.3 is 0 Å². The number of carbonyl (C=O) groups excluding carboxylic acids is 1. The highest BCUT2D eigenvalue weighted by molar-refractivity contribution is 5.84. The molecule has 128 valence electrons. The molecule has 3 aromatic rings. The number of amides is 1. The Morgan fingerprint density at radius 2 is 1.76 bits per heavy atom. The lowest BCUT2D eigenvalue weighted by Gasteiger charge is -2.08. The van der Waals surface area contributed by atoms with Crippen molar-refractivity contribution in [2.24, 2.45) is 0 Å². The molecule has 0 heterocycles. The maximum absolute atomic E-state index is 12.1. The van der Waals surface area contributed by atoms with Gasteiger partial charge in [-0.2, -0.15) is 0 Å². The average molecular weight is 333 g/mol. The van der Waals surface area contributed by atoms with Crippen LogP contribution in [0.15, 0.2) is 60.7 Å². The standard InChI is InChI=1S/C22H23NO2/c1-16-4-3-5-17(12-16)7-11-22(24)23-15-18-6-8-20-14-21(25-2)10-9-19(20)13-18/h3-6,8-10,12-14H,7,11,15H2,1-2H3,(H,23,24). The van der Waals surface area contributed by atoms with Crippen molar-refractivity contribution in [3.8, 4) is 5.75 Å². The van der Waals surface area contributed by atoms with Crippen LogP contribution in [-0.2, 0) is 17.8 Å². The van der Waals surface area contributed by atoms with Gasteiger partial charge in [0, 0.05) is 13.0 Å². The highest BCUT2D eigenvalue weighted by Crippen LogP contribution is 2.21. The fraction of sp³-hybridized carbons (Fsp3) is 0.227. The van der Waals surface area contributed by atoms with Crippen LogP contribution in [0.5, 0.6) is 5.75 Å². The average Bonchev–Trinajstić information content (AvgIpc) is 2.64. The van der Waals surface area contributed by atoms with Gasteiger partial charge in [0.15, 0.2) is 0 Å². The lowest BCUT2D eigenvalue weighted by Crippen LogP contribution is -2.22. The zero-order valence-electron chi connectivity index (χ0n) is 14.7. The monoisotopic (exact) mass is 333 g/mol. The largest absolute Gasteiger partial charge is 0.497 e. The molecule has 3 rings (SSSR count). The van der Waals surface area contributed by atoms with Crippen molar-refractivity contribution in [1.29, 1.82) is 0 Å². The Labute approximate surface area is 148 Å². The van der Waals surface area contributed by atoms with E-state index < -0.39 is 0 Å². The number of aryl methyl sites for hydroxylation is 2. The van der Waals surface area contributed by atoms with Crippen molar-refractivity contribution >= 4 is 16.7 Å². The summed E-state index contributed by atoms with van der Waals surface area (Å²) in [6, 6.07) is 20.5. The molecule has 0 aromatic heterocycles. The number of methoxy groups -OCH3 is 1. The molecule has 0 spiro atoms. The summed E-state index contributed by atoms with van der Waals surface area (Å²) in [5.74, 6) is 0.932. The van der Waals surface area contributed by atoms with Crippen molar-refractivity contribution in [1.82, 2.24) is 5.32 Å². The number of fused-ring (bicyclic) bond motifs is 1. The molecule has 1 N–H and O–H groups in total. The van der Waals surface area contributed by atoms with Gasteiger partial charge in [-0.1, -0.05) is 48.0 Å². The second-order valence-corrected chi connectivity index (χ2v) is 6.31. The molecule has 0 saturated carbocycles. The maximum atomic E-state index is 12.1. The minimum Gasteiger partial charge on any atom is -0.497 e. The third kappa shape index (κ3) is 4.60. The summed E-state index contributed by atoms with van der Waals surface area (Å²) in [6.07, 6.45) is 1.28. The van der Waals surface area contributed by atoms with E-state index in [4.69, 9.17) is 4.74 Å². The van der Waals surface area contributed by atoms with Crippen LogP contribution in [0, 0.1) is 6.92 Å². The van der Waals surface area contributed by atoms with Crippen LogP contribution < -0.4 is 10.1 Å². The summed E-state index contributed by atoms with van der Waals surface area (Å²) in [5, 5.41) is 5.29.